The van der Waals surface area contributed by atoms with Crippen LogP contribution in [-0.4, -0.2) is 40.3 Å². The number of nitrogens with zero attached hydrogens (tertiary/aromatic N) is 3. The van der Waals surface area contributed by atoms with Crippen LogP contribution in [-0.2, 0) is 6.18 Å². The standard InChI is InChI=1S/C20H20F3N3O2/c1-11-17(14-6-5-13(8-16(14)27)20(21,22)23)24-25-18-15(10-28-19(11)18)12-4-3-7-26(2)9-12/h5-6,8,10,12,27H,3-4,7,9H2,1-2H3. The van der Waals surface area contributed by atoms with Gasteiger partial charge in [0.2, 0.25) is 0 Å². The van der Waals surface area contributed by atoms with Crippen LogP contribution in [0.4, 0.5) is 13.2 Å². The van der Waals surface area contributed by atoms with Crippen molar-refractivity contribution in [2.24, 2.45) is 0 Å². The smallest absolute Gasteiger partial charge is 0.416 e. The van der Waals surface area contributed by atoms with E-state index in [-0.39, 0.29) is 5.56 Å². The van der Waals surface area contributed by atoms with Crippen LogP contribution in [0.5, 0.6) is 5.75 Å². The number of rotatable bonds is 2. The molecular formula is C20H20F3N3O2. The van der Waals surface area contributed by atoms with Crippen molar-refractivity contribution in [3.63, 3.8) is 0 Å². The molecule has 1 aliphatic heterocycles. The van der Waals surface area contributed by atoms with Gasteiger partial charge in [-0.1, -0.05) is 0 Å². The fourth-order valence-electron chi connectivity index (χ4n) is 3.89. The molecule has 1 saturated heterocycles. The molecule has 1 fully saturated rings. The quantitative estimate of drug-likeness (QED) is 0.684. The summed E-state index contributed by atoms with van der Waals surface area (Å²) in [6, 6.07) is 2.83. The molecule has 0 amide bonds. The number of alkyl halides is 3. The Balaban J connectivity index is 1.75. The van der Waals surface area contributed by atoms with Crippen LogP contribution >= 0.6 is 0 Å². The van der Waals surface area contributed by atoms with Gasteiger partial charge < -0.3 is 14.4 Å². The summed E-state index contributed by atoms with van der Waals surface area (Å²) in [5, 5.41) is 18.6. The van der Waals surface area contributed by atoms with E-state index in [2.05, 4.69) is 22.1 Å². The summed E-state index contributed by atoms with van der Waals surface area (Å²) in [4.78, 5) is 2.27. The number of aromatic nitrogens is 2. The molecule has 5 nitrogen and oxygen atoms in total. The van der Waals surface area contributed by atoms with Crippen LogP contribution < -0.4 is 0 Å². The van der Waals surface area contributed by atoms with Crippen LogP contribution in [0.3, 0.4) is 0 Å². The summed E-state index contributed by atoms with van der Waals surface area (Å²) in [5.74, 6) is -0.189. The number of phenolic OH excluding ortho intramolecular Hbond substituents is 1. The molecule has 28 heavy (non-hydrogen) atoms. The largest absolute Gasteiger partial charge is 0.507 e. The molecule has 8 heteroatoms. The normalized spacial score (nSPS) is 18.7. The molecule has 1 aromatic carbocycles. The minimum atomic E-state index is -4.52. The first-order valence-electron chi connectivity index (χ1n) is 9.09. The summed E-state index contributed by atoms with van der Waals surface area (Å²) in [7, 11) is 2.08. The first kappa shape index (κ1) is 18.7. The van der Waals surface area contributed by atoms with E-state index in [4.69, 9.17) is 4.42 Å². The van der Waals surface area contributed by atoms with Gasteiger partial charge in [0.25, 0.3) is 0 Å². The zero-order chi connectivity index (χ0) is 20.1. The van der Waals surface area contributed by atoms with Crippen molar-refractivity contribution >= 4 is 11.1 Å². The Labute approximate surface area is 159 Å². The Bertz CT molecular complexity index is 1030. The van der Waals surface area contributed by atoms with Crippen molar-refractivity contribution in [1.82, 2.24) is 15.1 Å². The van der Waals surface area contributed by atoms with Gasteiger partial charge in [0.05, 0.1) is 11.8 Å². The molecule has 1 atom stereocenters. The zero-order valence-electron chi connectivity index (χ0n) is 15.5. The lowest BCUT2D eigenvalue weighted by Crippen LogP contribution is -2.30. The van der Waals surface area contributed by atoms with Gasteiger partial charge in [-0.3, -0.25) is 0 Å². The second-order valence-electron chi connectivity index (χ2n) is 7.37. The maximum atomic E-state index is 12.8. The highest BCUT2D eigenvalue weighted by molar-refractivity contribution is 5.85. The van der Waals surface area contributed by atoms with Gasteiger partial charge in [-0.05, 0) is 51.6 Å². The number of halogens is 3. The molecule has 0 saturated carbocycles. The molecule has 3 aromatic rings. The molecule has 1 aliphatic rings. The number of piperidine rings is 1. The number of aromatic hydroxyl groups is 1. The van der Waals surface area contributed by atoms with Gasteiger partial charge in [-0.15, -0.1) is 10.2 Å². The number of hydrogen-bond acceptors (Lipinski definition) is 5. The van der Waals surface area contributed by atoms with Gasteiger partial charge in [0, 0.05) is 29.2 Å². The average Bonchev–Trinajstić information content (AvgIpc) is 3.07. The van der Waals surface area contributed by atoms with E-state index >= 15 is 0 Å². The number of hydrogen-bond donors (Lipinski definition) is 1. The Morgan fingerprint density at radius 3 is 2.71 bits per heavy atom. The summed E-state index contributed by atoms with van der Waals surface area (Å²) >= 11 is 0. The zero-order valence-corrected chi connectivity index (χ0v) is 15.5. The van der Waals surface area contributed by atoms with E-state index in [1.165, 1.54) is 6.07 Å². The minimum absolute atomic E-state index is 0.190. The maximum Gasteiger partial charge on any atom is 0.416 e. The van der Waals surface area contributed by atoms with E-state index in [0.29, 0.717) is 34.3 Å². The topological polar surface area (TPSA) is 62.4 Å². The predicted molar refractivity (Wildman–Crippen MR) is 98.1 cm³/mol. The van der Waals surface area contributed by atoms with Gasteiger partial charge in [0.15, 0.2) is 5.58 Å². The second-order valence-corrected chi connectivity index (χ2v) is 7.37. The SMILES string of the molecule is Cc1c(-c2ccc(C(F)(F)F)cc2O)nnc2c(C3CCCN(C)C3)coc12. The third-order valence-electron chi connectivity index (χ3n) is 5.38. The fourth-order valence-corrected chi connectivity index (χ4v) is 3.89. The fraction of sp³-hybridized carbons (Fsp3) is 0.400. The lowest BCUT2D eigenvalue weighted by atomic mass is 9.91. The van der Waals surface area contributed by atoms with Crippen molar-refractivity contribution < 1.29 is 22.7 Å². The predicted octanol–water partition coefficient (Wildman–Crippen LogP) is 4.73. The molecular weight excluding hydrogens is 371 g/mol. The molecule has 1 unspecified atom stereocenters. The number of furan rings is 1. The summed E-state index contributed by atoms with van der Waals surface area (Å²) < 4.78 is 44.3. The van der Waals surface area contributed by atoms with Crippen molar-refractivity contribution in [2.75, 3.05) is 20.1 Å². The molecule has 3 heterocycles. The maximum absolute atomic E-state index is 12.8. The highest BCUT2D eigenvalue weighted by Crippen LogP contribution is 2.39. The number of aryl methyl sites for hydroxylation is 1. The molecule has 0 bridgehead atoms. The van der Waals surface area contributed by atoms with E-state index in [9.17, 15) is 18.3 Å². The van der Waals surface area contributed by atoms with Crippen LogP contribution in [0.1, 0.15) is 35.4 Å². The Morgan fingerprint density at radius 2 is 2.04 bits per heavy atom. The Morgan fingerprint density at radius 1 is 1.25 bits per heavy atom. The number of likely N-dealkylation sites (tertiary alicyclic amines) is 1. The van der Waals surface area contributed by atoms with Crippen LogP contribution in [0.2, 0.25) is 0 Å². The highest BCUT2D eigenvalue weighted by atomic mass is 19.4. The number of likely N-dealkylation sites (N-methyl/N-ethyl adjacent to an activating group) is 1. The van der Waals surface area contributed by atoms with Gasteiger partial charge in [0.1, 0.15) is 17.0 Å². The summed E-state index contributed by atoms with van der Waals surface area (Å²) in [5.41, 5.74) is 2.44. The number of phenols is 1. The summed E-state index contributed by atoms with van der Waals surface area (Å²) in [6.07, 6.45) is -0.685. The van der Waals surface area contributed by atoms with Crippen molar-refractivity contribution in [1.29, 1.82) is 0 Å². The van der Waals surface area contributed by atoms with Crippen molar-refractivity contribution in [3.8, 4) is 17.0 Å². The summed E-state index contributed by atoms with van der Waals surface area (Å²) in [6.45, 7) is 3.74. The third kappa shape index (κ3) is 3.22. The third-order valence-corrected chi connectivity index (χ3v) is 5.38. The second kappa shape index (κ2) is 6.77. The van der Waals surface area contributed by atoms with Crippen LogP contribution in [0.15, 0.2) is 28.9 Å². The van der Waals surface area contributed by atoms with E-state index < -0.39 is 17.5 Å². The Hall–Kier alpha value is -2.61. The Kier molecular flexibility index (Phi) is 4.53. The van der Waals surface area contributed by atoms with Crippen molar-refractivity contribution in [3.05, 3.63) is 41.2 Å². The number of benzene rings is 1. The minimum Gasteiger partial charge on any atom is -0.507 e. The van der Waals surface area contributed by atoms with Crippen LogP contribution in [0.25, 0.3) is 22.4 Å². The number of fused-ring (bicyclic) bond motifs is 1. The monoisotopic (exact) mass is 391 g/mol. The molecule has 0 spiro atoms. The molecule has 2 aromatic heterocycles. The van der Waals surface area contributed by atoms with Gasteiger partial charge in [-0.2, -0.15) is 13.2 Å². The molecule has 0 aliphatic carbocycles. The van der Waals surface area contributed by atoms with Crippen LogP contribution in [0, 0.1) is 6.92 Å². The highest BCUT2D eigenvalue weighted by Gasteiger charge is 2.32. The van der Waals surface area contributed by atoms with E-state index in [1.807, 2.05) is 0 Å². The van der Waals surface area contributed by atoms with Crippen molar-refractivity contribution in [2.45, 2.75) is 31.9 Å². The molecule has 0 radical (unpaired) electrons. The van der Waals surface area contributed by atoms with Gasteiger partial charge >= 0.3 is 6.18 Å². The first-order valence-corrected chi connectivity index (χ1v) is 9.09. The lowest BCUT2D eigenvalue weighted by Gasteiger charge is -2.28. The molecule has 148 valence electrons. The molecule has 1 N–H and O–H groups in total. The average molecular weight is 391 g/mol. The lowest BCUT2D eigenvalue weighted by molar-refractivity contribution is -0.137. The van der Waals surface area contributed by atoms with E-state index in [1.54, 1.807) is 13.2 Å². The first-order chi connectivity index (χ1) is 13.3. The van der Waals surface area contributed by atoms with E-state index in [0.717, 1.165) is 37.6 Å². The van der Waals surface area contributed by atoms with Gasteiger partial charge in [-0.25, -0.2) is 0 Å². The molecule has 4 rings (SSSR count).